The number of rotatable bonds is 44. The van der Waals surface area contributed by atoms with E-state index in [-0.39, 0.29) is 88.2 Å². The molecule has 3 aliphatic rings. The lowest BCUT2D eigenvalue weighted by Gasteiger charge is -2.31. The van der Waals surface area contributed by atoms with E-state index < -0.39 is 64.8 Å². The van der Waals surface area contributed by atoms with Crippen LogP contribution >= 0.6 is 0 Å². The van der Waals surface area contributed by atoms with Crippen LogP contribution in [0.25, 0.3) is 22.3 Å². The SMILES string of the molecule is CC[C@@]1(O)C(=O)OCc2c1cc1n(c2=O)Cc2c-1nc1cc(F)c(C)c3c1c2[C@@H](NC(=O)c1ccn(Cc2ccc(NC(=O)[C@H](CCCNC(N)=O)NC(=O)[C@@H](NC(=O)CCOCCOCCOCCOCCOCCOCCOCCOCCOCCN)C(C)C)cc2)c1)CC3. The van der Waals surface area contributed by atoms with E-state index in [1.807, 2.05) is 16.7 Å². The van der Waals surface area contributed by atoms with Gasteiger partial charge in [-0.05, 0) is 91.5 Å². The summed E-state index contributed by atoms with van der Waals surface area (Å²) < 4.78 is 73.5. The first-order valence-corrected chi connectivity index (χ1v) is 33.1. The predicted octanol–water partition coefficient (Wildman–Crippen LogP) is 3.31. The van der Waals surface area contributed by atoms with Crippen molar-refractivity contribution in [3.05, 3.63) is 116 Å². The molecule has 1 aliphatic carbocycles. The van der Waals surface area contributed by atoms with Crippen LogP contribution in [0.2, 0.25) is 0 Å². The molecule has 0 fully saturated rings. The number of carbonyl (C=O) groups is 6. The third-order valence-electron chi connectivity index (χ3n) is 16.9. The second-order valence-corrected chi connectivity index (χ2v) is 24.0. The molecule has 2 aromatic carbocycles. The largest absolute Gasteiger partial charge is 0.458 e. The van der Waals surface area contributed by atoms with Gasteiger partial charge in [0.15, 0.2) is 5.60 Å². The van der Waals surface area contributed by atoms with E-state index in [1.165, 1.54) is 10.6 Å². The molecule has 6 amide bonds. The minimum atomic E-state index is -2.03. The van der Waals surface area contributed by atoms with Gasteiger partial charge in [0.25, 0.3) is 11.5 Å². The van der Waals surface area contributed by atoms with Crippen LogP contribution in [0.3, 0.4) is 0 Å². The number of nitrogens with two attached hydrogens (primary N) is 2. The van der Waals surface area contributed by atoms with Crippen LogP contribution in [-0.2, 0) is 98.3 Å². The van der Waals surface area contributed by atoms with Gasteiger partial charge in [-0.15, -0.1) is 0 Å². The molecule has 28 nitrogen and oxygen atoms in total. The number of hydrogen-bond acceptors (Lipinski definition) is 20. The topological polar surface area (TPSA) is 367 Å². The highest BCUT2D eigenvalue weighted by Crippen LogP contribution is 2.46. The molecule has 0 bridgehead atoms. The first kappa shape index (κ1) is 75.0. The number of esters is 1. The van der Waals surface area contributed by atoms with Crippen molar-refractivity contribution in [2.45, 2.75) is 110 Å². The van der Waals surface area contributed by atoms with Crippen LogP contribution in [0, 0.1) is 18.7 Å². The highest BCUT2D eigenvalue weighted by Gasteiger charge is 2.46. The van der Waals surface area contributed by atoms with E-state index in [2.05, 4.69) is 26.6 Å². The molecule has 8 rings (SSSR count). The number of carbonyl (C=O) groups excluding carboxylic acids is 6. The molecule has 0 saturated heterocycles. The molecular weight excluding hydrogens is 1260 g/mol. The summed E-state index contributed by atoms with van der Waals surface area (Å²) in [5.41, 5.74) is 13.9. The number of anilines is 1. The molecule has 0 unspecified atom stereocenters. The second kappa shape index (κ2) is 37.8. The lowest BCUT2D eigenvalue weighted by Crippen LogP contribution is -2.54. The maximum Gasteiger partial charge on any atom is 0.343 e. The minimum Gasteiger partial charge on any atom is -0.458 e. The average Bonchev–Trinajstić information content (AvgIpc) is 1.61. The van der Waals surface area contributed by atoms with E-state index in [0.717, 1.165) is 16.7 Å². The molecule has 29 heteroatoms. The Morgan fingerprint density at radius 2 is 1.36 bits per heavy atom. The van der Waals surface area contributed by atoms with Gasteiger partial charge in [0, 0.05) is 66.7 Å². The lowest BCUT2D eigenvalue weighted by atomic mass is 9.81. The first-order chi connectivity index (χ1) is 46.9. The number of amides is 6. The first-order valence-electron chi connectivity index (χ1n) is 33.1. The summed E-state index contributed by atoms with van der Waals surface area (Å²) in [5, 5.41) is 26.3. The summed E-state index contributed by atoms with van der Waals surface area (Å²) in [5.74, 6) is -3.52. The molecule has 4 atom stereocenters. The van der Waals surface area contributed by atoms with Crippen LogP contribution in [0.5, 0.6) is 0 Å². The quantitative estimate of drug-likeness (QED) is 0.0201. The van der Waals surface area contributed by atoms with Crippen molar-refractivity contribution in [1.82, 2.24) is 35.4 Å². The number of aryl methyl sites for hydroxylation is 1. The van der Waals surface area contributed by atoms with Gasteiger partial charge in [0.1, 0.15) is 24.5 Å². The third-order valence-corrected chi connectivity index (χ3v) is 16.9. The van der Waals surface area contributed by atoms with Gasteiger partial charge < -0.3 is 99.7 Å². The van der Waals surface area contributed by atoms with Crippen molar-refractivity contribution in [3.8, 4) is 11.4 Å². The average molecular weight is 1360 g/mol. The zero-order valence-corrected chi connectivity index (χ0v) is 55.8. The zero-order chi connectivity index (χ0) is 69.3. The van der Waals surface area contributed by atoms with Crippen LogP contribution in [0.15, 0.2) is 59.7 Å². The number of nitrogens with one attached hydrogen (secondary N) is 5. The molecule has 3 aromatic heterocycles. The number of cyclic esters (lactones) is 1. The van der Waals surface area contributed by atoms with Crippen LogP contribution in [0.4, 0.5) is 14.9 Å². The smallest absolute Gasteiger partial charge is 0.343 e. The molecule has 0 radical (unpaired) electrons. The Labute approximate surface area is 562 Å². The molecule has 0 saturated carbocycles. The summed E-state index contributed by atoms with van der Waals surface area (Å²) >= 11 is 0. The van der Waals surface area contributed by atoms with Crippen molar-refractivity contribution in [2.24, 2.45) is 17.4 Å². The van der Waals surface area contributed by atoms with Gasteiger partial charge in [0.05, 0.1) is 160 Å². The summed E-state index contributed by atoms with van der Waals surface area (Å²) in [6, 6.07) is 8.36. The van der Waals surface area contributed by atoms with Gasteiger partial charge in [0.2, 0.25) is 17.7 Å². The molecule has 97 heavy (non-hydrogen) atoms. The van der Waals surface area contributed by atoms with Gasteiger partial charge in [-0.1, -0.05) is 32.9 Å². The number of primary amides is 1. The Morgan fingerprint density at radius 1 is 0.773 bits per heavy atom. The zero-order valence-electron chi connectivity index (χ0n) is 55.8. The van der Waals surface area contributed by atoms with Gasteiger partial charge >= 0.3 is 12.0 Å². The summed E-state index contributed by atoms with van der Waals surface area (Å²) in [4.78, 5) is 98.3. The minimum absolute atomic E-state index is 0.0298. The maximum absolute atomic E-state index is 15.6. The van der Waals surface area contributed by atoms with Crippen molar-refractivity contribution in [3.63, 3.8) is 0 Å². The third kappa shape index (κ3) is 20.9. The van der Waals surface area contributed by atoms with E-state index in [0.29, 0.717) is 170 Å². The van der Waals surface area contributed by atoms with Crippen molar-refractivity contribution in [2.75, 3.05) is 137 Å². The molecule has 5 aromatic rings. The Bertz CT molecular complexity index is 3530. The highest BCUT2D eigenvalue weighted by molar-refractivity contribution is 5.99. The normalized spacial score (nSPS) is 15.9. The number of aromatic nitrogens is 3. The maximum atomic E-state index is 15.6. The van der Waals surface area contributed by atoms with Gasteiger partial charge in [-0.2, -0.15) is 0 Å². The van der Waals surface area contributed by atoms with Crippen molar-refractivity contribution in [1.29, 1.82) is 0 Å². The van der Waals surface area contributed by atoms with Crippen LogP contribution in [-0.4, -0.2) is 199 Å². The Morgan fingerprint density at radius 3 is 1.93 bits per heavy atom. The molecule has 2 aliphatic heterocycles. The predicted molar refractivity (Wildman–Crippen MR) is 353 cm³/mol. The second-order valence-electron chi connectivity index (χ2n) is 24.0. The fourth-order valence-electron chi connectivity index (χ4n) is 11.7. The number of pyridine rings is 2. The summed E-state index contributed by atoms with van der Waals surface area (Å²) in [6.07, 6.45) is 4.73. The summed E-state index contributed by atoms with van der Waals surface area (Å²) in [6.45, 7) is 15.0. The number of benzene rings is 2. The van der Waals surface area contributed by atoms with E-state index in [9.17, 15) is 38.7 Å². The summed E-state index contributed by atoms with van der Waals surface area (Å²) in [7, 11) is 0. The Hall–Kier alpha value is -7.81. The van der Waals surface area contributed by atoms with Crippen LogP contribution in [0.1, 0.15) is 108 Å². The Kier molecular flexibility index (Phi) is 29.2. The van der Waals surface area contributed by atoms with E-state index >= 15 is 4.39 Å². The fraction of sp³-hybridized carbons (Fsp3) is 0.559. The van der Waals surface area contributed by atoms with Gasteiger partial charge in [-0.3, -0.25) is 24.0 Å². The molecule has 5 heterocycles. The number of hydrogen-bond donors (Lipinski definition) is 8. The Balaban J connectivity index is 0.740. The highest BCUT2D eigenvalue weighted by atomic mass is 19.1. The van der Waals surface area contributed by atoms with Gasteiger partial charge in [-0.25, -0.2) is 19.0 Å². The molecule has 530 valence electrons. The molecular formula is C68H93FN10O18. The standard InChI is InChI=1S/C68H93FN10O18/c1-5-68(87)51-37-56-61-49(41-79(56)65(84)50(51)42-97-66(68)85)59-53(13-12-48-44(4)52(69)38-55(74-61)58(48)59)75-62(81)46-14-18-78(40-46)39-45-8-10-47(11-9-45)73-63(82)54(7-6-17-72-67(71)86)76-64(83)60(43(2)3)77-57(80)15-19-88-21-23-90-25-27-92-29-31-94-33-35-96-36-34-95-32-30-93-28-26-91-24-22-89-20-16-70/h8-11,14,18,37-38,40,43,53-54,60,87H,5-7,12-13,15-17,19-36,39,41-42,70H2,1-4H3,(H,73,82)(H,75,81)(H,76,83)(H,77,80)(H3,71,72,86)/t53-,54-,60-,68-/m0/s1. The number of aliphatic hydroxyl groups is 1. The number of urea groups is 1. The monoisotopic (exact) mass is 1360 g/mol. The number of halogens is 1. The molecule has 0 spiro atoms. The van der Waals surface area contributed by atoms with E-state index in [4.69, 9.17) is 63.8 Å². The fourth-order valence-corrected chi connectivity index (χ4v) is 11.7. The molecule has 10 N–H and O–H groups in total. The lowest BCUT2D eigenvalue weighted by molar-refractivity contribution is -0.172. The van der Waals surface area contributed by atoms with E-state index in [1.54, 1.807) is 64.4 Å². The van der Waals surface area contributed by atoms with Crippen LogP contribution < -0.4 is 43.6 Å². The van der Waals surface area contributed by atoms with Crippen molar-refractivity contribution >= 4 is 52.2 Å². The number of fused-ring (bicyclic) bond motifs is 5. The number of ether oxygens (including phenoxy) is 10. The van der Waals surface area contributed by atoms with Crippen molar-refractivity contribution < 1.29 is 85.6 Å². The number of nitrogens with zero attached hydrogens (tertiary/aromatic N) is 3.